The molecule has 1 amide bonds. The summed E-state index contributed by atoms with van der Waals surface area (Å²) < 4.78 is 6.73. The molecule has 2 N–H and O–H groups in total. The highest BCUT2D eigenvalue weighted by atomic mass is 16.5. The molecular weight excluding hydrogens is 270 g/mol. The molecule has 108 valence electrons. The van der Waals surface area contributed by atoms with Gasteiger partial charge in [0.2, 0.25) is 5.91 Å². The van der Waals surface area contributed by atoms with Gasteiger partial charge in [0, 0.05) is 18.5 Å². The molecule has 7 heteroatoms. The van der Waals surface area contributed by atoms with Crippen LogP contribution in [0.3, 0.4) is 0 Å². The molecule has 0 saturated carbocycles. The summed E-state index contributed by atoms with van der Waals surface area (Å²) in [5.74, 6) is 1.35. The summed E-state index contributed by atoms with van der Waals surface area (Å²) in [5, 5.41) is 6.79. The van der Waals surface area contributed by atoms with Crippen molar-refractivity contribution < 1.29 is 9.53 Å². The molecule has 0 aliphatic heterocycles. The maximum absolute atomic E-state index is 11.8. The van der Waals surface area contributed by atoms with Crippen LogP contribution in [0, 0.1) is 0 Å². The first-order valence-electron chi connectivity index (χ1n) is 6.51. The van der Waals surface area contributed by atoms with E-state index in [1.54, 1.807) is 30.3 Å². The molecule has 0 spiro atoms. The Morgan fingerprint density at radius 1 is 1.48 bits per heavy atom. The van der Waals surface area contributed by atoms with Gasteiger partial charge in [0.1, 0.15) is 18.1 Å². The molecule has 0 bridgehead atoms. The van der Waals surface area contributed by atoms with Crippen LogP contribution in [-0.2, 0) is 17.9 Å². The van der Waals surface area contributed by atoms with Gasteiger partial charge in [0.15, 0.2) is 0 Å². The van der Waals surface area contributed by atoms with Gasteiger partial charge in [-0.15, -0.1) is 0 Å². The Bertz CT molecular complexity index is 748. The first-order valence-corrected chi connectivity index (χ1v) is 6.51. The second kappa shape index (κ2) is 5.66. The fraction of sp³-hybridized carbons (Fsp3) is 0.214. The smallest absolute Gasteiger partial charge is 0.242 e. The number of rotatable bonds is 5. The normalized spacial score (nSPS) is 10.7. The number of benzene rings is 1. The third-order valence-electron chi connectivity index (χ3n) is 3.06. The minimum absolute atomic E-state index is 0.114. The lowest BCUT2D eigenvalue weighted by Crippen LogP contribution is -2.27. The van der Waals surface area contributed by atoms with Gasteiger partial charge in [-0.1, -0.05) is 0 Å². The average Bonchev–Trinajstić information content (AvgIpc) is 3.12. The lowest BCUT2D eigenvalue weighted by molar-refractivity contribution is -0.122. The number of nitrogens with one attached hydrogen (secondary N) is 2. The predicted octanol–water partition coefficient (Wildman–Crippen LogP) is 1.08. The topological polar surface area (TPSA) is 84.8 Å². The van der Waals surface area contributed by atoms with E-state index in [2.05, 4.69) is 20.4 Å². The molecule has 1 aromatic carbocycles. The minimum atomic E-state index is -0.114. The number of methoxy groups -OCH3 is 1. The van der Waals surface area contributed by atoms with Crippen molar-refractivity contribution in [2.24, 2.45) is 0 Å². The lowest BCUT2D eigenvalue weighted by Gasteiger charge is -2.03. The fourth-order valence-corrected chi connectivity index (χ4v) is 2.03. The van der Waals surface area contributed by atoms with Gasteiger partial charge < -0.3 is 15.0 Å². The van der Waals surface area contributed by atoms with Crippen LogP contribution < -0.4 is 10.1 Å². The van der Waals surface area contributed by atoms with Crippen molar-refractivity contribution in [3.8, 4) is 5.75 Å². The number of aromatic amines is 1. The molecule has 3 rings (SSSR count). The molecule has 0 unspecified atom stereocenters. The number of amides is 1. The summed E-state index contributed by atoms with van der Waals surface area (Å²) in [7, 11) is 1.62. The summed E-state index contributed by atoms with van der Waals surface area (Å²) in [4.78, 5) is 19.3. The molecule has 0 aliphatic carbocycles. The van der Waals surface area contributed by atoms with E-state index in [0.717, 1.165) is 16.8 Å². The van der Waals surface area contributed by atoms with E-state index in [9.17, 15) is 4.79 Å². The number of nitrogens with zero attached hydrogens (tertiary/aromatic N) is 3. The van der Waals surface area contributed by atoms with E-state index in [1.807, 2.05) is 18.2 Å². The van der Waals surface area contributed by atoms with Crippen molar-refractivity contribution in [3.05, 3.63) is 42.5 Å². The molecule has 21 heavy (non-hydrogen) atoms. The Morgan fingerprint density at radius 3 is 3.14 bits per heavy atom. The lowest BCUT2D eigenvalue weighted by atomic mass is 10.3. The van der Waals surface area contributed by atoms with Crippen LogP contribution in [0.5, 0.6) is 5.75 Å². The number of hydrogen-bond donors (Lipinski definition) is 2. The number of carbonyl (C=O) groups is 1. The summed E-state index contributed by atoms with van der Waals surface area (Å²) in [5.41, 5.74) is 1.72. The van der Waals surface area contributed by atoms with Gasteiger partial charge in [0.25, 0.3) is 0 Å². The number of carbonyl (C=O) groups excluding carboxylic acids is 1. The summed E-state index contributed by atoms with van der Waals surface area (Å²) >= 11 is 0. The van der Waals surface area contributed by atoms with Crippen LogP contribution >= 0.6 is 0 Å². The third-order valence-corrected chi connectivity index (χ3v) is 3.06. The molecule has 2 heterocycles. The van der Waals surface area contributed by atoms with Gasteiger partial charge in [0.05, 0.1) is 24.7 Å². The van der Waals surface area contributed by atoms with Crippen molar-refractivity contribution in [1.29, 1.82) is 0 Å². The van der Waals surface area contributed by atoms with Crippen molar-refractivity contribution in [1.82, 2.24) is 25.1 Å². The van der Waals surface area contributed by atoms with Gasteiger partial charge >= 0.3 is 0 Å². The van der Waals surface area contributed by atoms with Crippen LogP contribution in [-0.4, -0.2) is 32.8 Å². The molecule has 3 aromatic rings. The summed E-state index contributed by atoms with van der Waals surface area (Å²) in [6.07, 6.45) is 3.38. The average molecular weight is 285 g/mol. The van der Waals surface area contributed by atoms with E-state index in [-0.39, 0.29) is 12.5 Å². The maximum Gasteiger partial charge on any atom is 0.242 e. The Morgan fingerprint density at radius 2 is 2.38 bits per heavy atom. The van der Waals surface area contributed by atoms with E-state index in [4.69, 9.17) is 4.74 Å². The van der Waals surface area contributed by atoms with E-state index in [1.165, 1.54) is 0 Å². The summed E-state index contributed by atoms with van der Waals surface area (Å²) in [6.45, 7) is 0.540. The molecule has 0 atom stereocenters. The zero-order valence-electron chi connectivity index (χ0n) is 11.5. The monoisotopic (exact) mass is 285 g/mol. The Labute approximate surface area is 120 Å². The highest BCUT2D eigenvalue weighted by Crippen LogP contribution is 2.18. The number of imidazole rings is 1. The first-order chi connectivity index (χ1) is 10.2. The van der Waals surface area contributed by atoms with Crippen molar-refractivity contribution in [2.45, 2.75) is 13.1 Å². The van der Waals surface area contributed by atoms with E-state index >= 15 is 0 Å². The van der Waals surface area contributed by atoms with Crippen LogP contribution in [0.1, 0.15) is 5.82 Å². The fourth-order valence-electron chi connectivity index (χ4n) is 2.03. The Hall–Kier alpha value is -2.83. The van der Waals surface area contributed by atoms with Crippen LogP contribution in [0.2, 0.25) is 0 Å². The molecular formula is C14H15N5O2. The predicted molar refractivity (Wildman–Crippen MR) is 76.7 cm³/mol. The van der Waals surface area contributed by atoms with Crippen molar-refractivity contribution >= 4 is 16.9 Å². The second-order valence-electron chi connectivity index (χ2n) is 4.55. The van der Waals surface area contributed by atoms with Crippen LogP contribution in [0.15, 0.2) is 36.7 Å². The standard InChI is InChI=1S/C14H15N5O2/c1-21-10-3-4-11-12(7-10)18-13(17-11)8-15-14(20)9-19-6-2-5-16-19/h2-7H,8-9H2,1H3,(H,15,20)(H,17,18). The Balaban J connectivity index is 1.63. The number of ether oxygens (including phenoxy) is 1. The number of aromatic nitrogens is 4. The molecule has 0 fully saturated rings. The third kappa shape index (κ3) is 3.02. The molecule has 0 saturated heterocycles. The van der Waals surface area contributed by atoms with Gasteiger partial charge in [-0.05, 0) is 18.2 Å². The van der Waals surface area contributed by atoms with E-state index in [0.29, 0.717) is 12.4 Å². The zero-order chi connectivity index (χ0) is 14.7. The highest BCUT2D eigenvalue weighted by Gasteiger charge is 2.07. The van der Waals surface area contributed by atoms with E-state index < -0.39 is 0 Å². The number of fused-ring (bicyclic) bond motifs is 1. The minimum Gasteiger partial charge on any atom is -0.497 e. The van der Waals surface area contributed by atoms with Crippen molar-refractivity contribution in [2.75, 3.05) is 7.11 Å². The Kier molecular flexibility index (Phi) is 3.55. The zero-order valence-corrected chi connectivity index (χ0v) is 11.5. The van der Waals surface area contributed by atoms with Gasteiger partial charge in [-0.3, -0.25) is 9.48 Å². The quantitative estimate of drug-likeness (QED) is 0.734. The maximum atomic E-state index is 11.8. The molecule has 0 radical (unpaired) electrons. The summed E-state index contributed by atoms with van der Waals surface area (Å²) in [6, 6.07) is 7.38. The largest absolute Gasteiger partial charge is 0.497 e. The highest BCUT2D eigenvalue weighted by molar-refractivity contribution is 5.77. The van der Waals surface area contributed by atoms with Gasteiger partial charge in [-0.2, -0.15) is 5.10 Å². The van der Waals surface area contributed by atoms with Gasteiger partial charge in [-0.25, -0.2) is 4.98 Å². The molecule has 7 nitrogen and oxygen atoms in total. The molecule has 2 aromatic heterocycles. The first kappa shape index (κ1) is 13.2. The molecule has 0 aliphatic rings. The van der Waals surface area contributed by atoms with Crippen molar-refractivity contribution in [3.63, 3.8) is 0 Å². The second-order valence-corrected chi connectivity index (χ2v) is 4.55. The number of H-pyrrole nitrogens is 1. The van der Waals surface area contributed by atoms with Crippen LogP contribution in [0.4, 0.5) is 0 Å². The van der Waals surface area contributed by atoms with Crippen LogP contribution in [0.25, 0.3) is 11.0 Å². The number of hydrogen-bond acceptors (Lipinski definition) is 4. The SMILES string of the molecule is COc1ccc2nc(CNC(=O)Cn3cccn3)[nH]c2c1.